The number of fused-ring (bicyclic) bond motifs is 7. The number of carbonyl (C=O) groups excluding carboxylic acids is 2. The first-order valence-electron chi connectivity index (χ1n) is 55.1. The number of imidazole rings is 3. The minimum absolute atomic E-state index is 0.143. The number of aromatic nitrogens is 10. The SMILES string of the molecule is CCOC(=O)c1cc2c(cc1OC)C(C(C)(C)C)C(C(C)C)CC2.COc1cc2c(cc1-c1nn[nH]n1)CCC(C(C)C)C2C(C)C.COc1cc2c(cc1-n1cnc3ccccc31)CCC(C(C)C)C2C(C)(C)C.COc1cc2c(cc1OC(=O)n1ccnc1)CCC(C(C)C)C2C(C)(C)C.COc1cc2c(cc1OC(=S)n1ccnc1)CCC(C(C)C)C2C(C)(C)C.[C-]#[N+]c1cc2c(cc1OC)C(C(C)(C)C)C(C(C)C)CC2. The van der Waals surface area contributed by atoms with Crippen molar-refractivity contribution in [3.8, 4) is 63.1 Å². The number of para-hydroxylation sites is 2. The lowest BCUT2D eigenvalue weighted by Crippen LogP contribution is -2.33. The lowest BCUT2D eigenvalue weighted by atomic mass is 9.61. The van der Waals surface area contributed by atoms with Crippen LogP contribution < -0.4 is 37.9 Å². The van der Waals surface area contributed by atoms with Crippen molar-refractivity contribution in [3.05, 3.63) is 225 Å². The Bertz CT molecular complexity index is 6260. The monoisotopic (exact) mass is 2060 g/mol. The van der Waals surface area contributed by atoms with Gasteiger partial charge in [0.2, 0.25) is 11.5 Å². The molecule has 0 radical (unpaired) electrons. The van der Waals surface area contributed by atoms with Crippen molar-refractivity contribution in [2.24, 2.45) is 104 Å². The van der Waals surface area contributed by atoms with E-state index < -0.39 is 6.09 Å². The van der Waals surface area contributed by atoms with E-state index in [1.54, 1.807) is 78.3 Å². The summed E-state index contributed by atoms with van der Waals surface area (Å²) < 4.78 is 55.7. The summed E-state index contributed by atoms with van der Waals surface area (Å²) in [5.41, 5.74) is 22.7. The molecule has 150 heavy (non-hydrogen) atoms. The van der Waals surface area contributed by atoms with Crippen LogP contribution in [0.25, 0.3) is 33.0 Å². The van der Waals surface area contributed by atoms with Crippen LogP contribution in [0.1, 0.15) is 359 Å². The third kappa shape index (κ3) is 26.7. The Balaban J connectivity index is 0.000000160. The summed E-state index contributed by atoms with van der Waals surface area (Å²) in [4.78, 5) is 40.7. The fourth-order valence-electron chi connectivity index (χ4n) is 26.3. The number of aryl methyl sites for hydroxylation is 6. The summed E-state index contributed by atoms with van der Waals surface area (Å²) in [6.07, 6.45) is 24.7. The highest BCUT2D eigenvalue weighted by Gasteiger charge is 2.47. The van der Waals surface area contributed by atoms with Gasteiger partial charge in [0, 0.05) is 24.8 Å². The largest absolute Gasteiger partial charge is 0.508 e. The molecule has 0 amide bonds. The number of nitrogens with zero attached hydrogens (tertiary/aromatic N) is 10. The maximum atomic E-state index is 12.3. The van der Waals surface area contributed by atoms with Crippen molar-refractivity contribution in [2.45, 2.75) is 320 Å². The first-order valence-corrected chi connectivity index (χ1v) is 55.5. The third-order valence-corrected chi connectivity index (χ3v) is 33.3. The number of ether oxygens (including phenoxy) is 9. The highest BCUT2D eigenvalue weighted by Crippen LogP contribution is 2.59. The minimum Gasteiger partial charge on any atom is -0.508 e. The molecule has 6 aliphatic carbocycles. The second-order valence-corrected chi connectivity index (χ2v) is 50.7. The molecular weight excluding hydrogens is 1890 g/mol. The van der Waals surface area contributed by atoms with Crippen molar-refractivity contribution in [3.63, 3.8) is 0 Å². The van der Waals surface area contributed by atoms with Crippen molar-refractivity contribution in [2.75, 3.05) is 49.3 Å². The van der Waals surface area contributed by atoms with Crippen molar-refractivity contribution in [1.29, 1.82) is 0 Å². The topological polar surface area (TPSA) is 229 Å². The van der Waals surface area contributed by atoms with E-state index >= 15 is 0 Å². The van der Waals surface area contributed by atoms with E-state index in [0.29, 0.717) is 158 Å². The molecule has 0 saturated heterocycles. The molecule has 11 aromatic rings. The second kappa shape index (κ2) is 49.6. The fourth-order valence-corrected chi connectivity index (χ4v) is 26.5. The number of benzene rings is 7. The van der Waals surface area contributed by atoms with Gasteiger partial charge in [-0.05, 0) is 387 Å². The Morgan fingerprint density at radius 1 is 0.420 bits per heavy atom. The molecule has 12 atom stereocenters. The quantitative estimate of drug-likeness (QED) is 0.0450. The number of tetrazole rings is 1. The number of hydrogen-bond donors (Lipinski definition) is 1. The molecule has 1 N–H and O–H groups in total. The van der Waals surface area contributed by atoms with Crippen molar-refractivity contribution in [1.82, 2.24) is 49.3 Å². The van der Waals surface area contributed by atoms with E-state index in [1.807, 2.05) is 31.5 Å². The van der Waals surface area contributed by atoms with Gasteiger partial charge < -0.3 is 42.6 Å². The van der Waals surface area contributed by atoms with Crippen LogP contribution in [-0.2, 0) is 43.3 Å². The van der Waals surface area contributed by atoms with Crippen LogP contribution >= 0.6 is 12.2 Å². The molecule has 17 rings (SSSR count). The number of H-pyrrole nitrogens is 1. The molecule has 7 aromatic carbocycles. The summed E-state index contributed by atoms with van der Waals surface area (Å²) in [6.45, 7) is 77.2. The molecule has 12 unspecified atom stereocenters. The fraction of sp³-hybridized carbons (Fsp3) is 0.575. The minimum atomic E-state index is -0.492. The van der Waals surface area contributed by atoms with E-state index in [9.17, 15) is 9.59 Å². The van der Waals surface area contributed by atoms with Crippen LogP contribution in [0.2, 0.25) is 0 Å². The van der Waals surface area contributed by atoms with Crippen LogP contribution in [0.4, 0.5) is 10.5 Å². The van der Waals surface area contributed by atoms with E-state index in [-0.39, 0.29) is 33.0 Å². The van der Waals surface area contributed by atoms with Crippen molar-refractivity contribution < 1.29 is 52.2 Å². The molecule has 4 aromatic heterocycles. The van der Waals surface area contributed by atoms with Gasteiger partial charge in [0.1, 0.15) is 47.5 Å². The molecule has 22 nitrogen and oxygen atoms in total. The molecule has 6 aliphatic rings. The molecule has 0 fully saturated rings. The standard InChI is InChI=1S/C25H32N2O.C22H30N2O3.C22H30N2O2S.C21H32O3.C19H27NO.C18H26N4O/c1-16(2)18-12-11-17-13-22(27-15-26-20-9-7-8-10-21(20)27)23(28-6)14-19(17)24(18)25(3,4)5;1-14(2)16-8-7-15-11-19(27-21(25)24-10-9-23-13-24)18(26-6)12-17(15)20(16)22(3,4)5;1-14(2)16-8-7-15-11-19(26-21(27)24-10-9-23-13-24)18(25-6)12-17(15)20(16)22(3,4)5;1-8-24-20(22)17-11-14-9-10-15(13(2)3)19(21(4,5)6)16(14)12-18(17)23-7;1-12(2)14-9-8-13-10-16(20-6)17(21-7)11-15(13)18(14)19(3,4)5;1-10(2)13-7-6-12-8-15(18-19-21-22-20-18)16(23-5)9-14(12)17(13)11(3)4/h7-10,13-16,18,24H,11-12H2,1-6H3;2*9-14,16,20H,7-8H2,1-6H3;11-13,15,19H,8-10H2,1-7H3;10-12,14,18H,8-9H2,1-5,7H3;8-11,13,17H,6-7H2,1-5H3,(H,19,20,21,22). The zero-order chi connectivity index (χ0) is 110. The lowest BCUT2D eigenvalue weighted by Gasteiger charge is -2.44. The first-order chi connectivity index (χ1) is 70.8. The predicted molar refractivity (Wildman–Crippen MR) is 611 cm³/mol. The van der Waals surface area contributed by atoms with E-state index in [1.165, 1.54) is 110 Å². The summed E-state index contributed by atoms with van der Waals surface area (Å²) in [7, 11) is 10.1. The second-order valence-electron chi connectivity index (χ2n) is 50.4. The molecule has 0 bridgehead atoms. The zero-order valence-electron chi connectivity index (χ0n) is 97.3. The average Bonchev–Trinajstić information content (AvgIpc) is 1.26. The van der Waals surface area contributed by atoms with E-state index in [2.05, 4.69) is 325 Å². The zero-order valence-corrected chi connectivity index (χ0v) is 98.1. The van der Waals surface area contributed by atoms with Gasteiger partial charge in [-0.25, -0.2) is 34.0 Å². The molecule has 0 aliphatic heterocycles. The summed E-state index contributed by atoms with van der Waals surface area (Å²) in [6, 6.07) is 34.0. The summed E-state index contributed by atoms with van der Waals surface area (Å²) >= 11 is 5.40. The van der Waals surface area contributed by atoms with E-state index in [4.69, 9.17) is 61.4 Å². The number of thiocarbonyl (C=S) groups is 1. The number of rotatable bonds is 19. The highest BCUT2D eigenvalue weighted by molar-refractivity contribution is 7.80. The summed E-state index contributed by atoms with van der Waals surface area (Å²) in [5.74, 6) is 17.6. The number of carbonyl (C=O) groups is 2. The van der Waals surface area contributed by atoms with Crippen LogP contribution in [0.3, 0.4) is 0 Å². The smallest absolute Gasteiger partial charge is 0.424 e. The van der Waals surface area contributed by atoms with Gasteiger partial charge >= 0.3 is 12.1 Å². The normalized spacial score (nSPS) is 20.3. The number of esters is 1. The first kappa shape index (κ1) is 117. The highest BCUT2D eigenvalue weighted by atomic mass is 32.1. The lowest BCUT2D eigenvalue weighted by molar-refractivity contribution is 0.0522. The van der Waals surface area contributed by atoms with Gasteiger partial charge in [-0.2, -0.15) is 5.21 Å². The Morgan fingerprint density at radius 2 is 0.793 bits per heavy atom. The van der Waals surface area contributed by atoms with Gasteiger partial charge in [0.15, 0.2) is 23.0 Å². The van der Waals surface area contributed by atoms with Crippen molar-refractivity contribution >= 4 is 46.2 Å². The number of hydrogen-bond acceptors (Lipinski definition) is 18. The maximum Gasteiger partial charge on any atom is 0.424 e. The molecule has 0 spiro atoms. The Kier molecular flexibility index (Phi) is 38.8. The van der Waals surface area contributed by atoms with Gasteiger partial charge in [0.05, 0.1) is 78.1 Å². The van der Waals surface area contributed by atoms with Crippen LogP contribution in [0.5, 0.6) is 46.0 Å². The average molecular weight is 2070 g/mol. The number of nitrogens with one attached hydrogen (secondary N) is 1. The Labute approximate surface area is 903 Å². The number of aromatic amines is 1. The number of methoxy groups -OCH3 is 6. The Hall–Kier alpha value is -11.4. The van der Waals surface area contributed by atoms with Crippen LogP contribution in [-0.4, -0.2) is 116 Å². The third-order valence-electron chi connectivity index (χ3n) is 33.0. The molecular formula is C127H177N11O11S. The van der Waals surface area contributed by atoms with Gasteiger partial charge in [-0.15, -0.1) is 10.2 Å². The molecule has 4 heterocycles. The molecule has 0 saturated carbocycles. The summed E-state index contributed by atoms with van der Waals surface area (Å²) in [5, 5.41) is 14.8. The van der Waals surface area contributed by atoms with Gasteiger partial charge in [-0.3, -0.25) is 9.13 Å². The van der Waals surface area contributed by atoms with Crippen LogP contribution in [0, 0.1) is 111 Å². The molecule has 23 heteroatoms. The van der Waals surface area contributed by atoms with Gasteiger partial charge in [0.25, 0.3) is 5.17 Å². The molecule has 812 valence electrons. The maximum absolute atomic E-state index is 12.3. The van der Waals surface area contributed by atoms with E-state index in [0.717, 1.165) is 96.1 Å². The Morgan fingerprint density at radius 3 is 1.18 bits per heavy atom. The predicted octanol–water partition coefficient (Wildman–Crippen LogP) is 31.8. The van der Waals surface area contributed by atoms with Gasteiger partial charge in [-0.1, -0.05) is 218 Å². The van der Waals surface area contributed by atoms with Crippen LogP contribution in [0.15, 0.2) is 141 Å².